The molecular formula is C12H24FOP. The molecule has 0 saturated heterocycles. The quantitative estimate of drug-likeness (QED) is 0.533. The Morgan fingerprint density at radius 1 is 1.47 bits per heavy atom. The van der Waals surface area contributed by atoms with E-state index in [1.807, 2.05) is 0 Å². The lowest BCUT2D eigenvalue weighted by Crippen LogP contribution is -2.27. The molecule has 0 bridgehead atoms. The molecule has 0 N–H and O–H groups in total. The molecule has 1 aliphatic rings. The van der Waals surface area contributed by atoms with Gasteiger partial charge < -0.3 is 4.74 Å². The van der Waals surface area contributed by atoms with E-state index in [0.29, 0.717) is 5.66 Å². The molecule has 1 nitrogen and oxygen atoms in total. The van der Waals surface area contributed by atoms with Crippen LogP contribution in [0.2, 0.25) is 0 Å². The first-order chi connectivity index (χ1) is 7.19. The van der Waals surface area contributed by atoms with Gasteiger partial charge in [-0.15, -0.1) is 9.24 Å². The van der Waals surface area contributed by atoms with E-state index in [-0.39, 0.29) is 12.0 Å². The summed E-state index contributed by atoms with van der Waals surface area (Å²) in [5.74, 6) is 0.183. The minimum atomic E-state index is -0.626. The molecular weight excluding hydrogens is 210 g/mol. The zero-order valence-corrected chi connectivity index (χ0v) is 11.1. The van der Waals surface area contributed by atoms with Gasteiger partial charge in [0.05, 0.1) is 6.10 Å². The van der Waals surface area contributed by atoms with E-state index in [4.69, 9.17) is 4.74 Å². The average Bonchev–Trinajstić information content (AvgIpc) is 2.40. The summed E-state index contributed by atoms with van der Waals surface area (Å²) < 4.78 is 19.3. The number of methoxy groups -OCH3 is 1. The molecule has 0 aliphatic heterocycles. The Morgan fingerprint density at radius 3 is 2.80 bits per heavy atom. The largest absolute Gasteiger partial charge is 0.381 e. The standard InChI is InChI=1S/C12H24FOP/c1-3-5-12(15)10-8-9(14-2)6-4-7-11(10)13/h9-12H,3-8,15H2,1-2H3/t9-,10?,11?,12-/m1/s1. The van der Waals surface area contributed by atoms with Gasteiger partial charge in [-0.2, -0.15) is 0 Å². The molecule has 0 aromatic rings. The summed E-state index contributed by atoms with van der Waals surface area (Å²) in [7, 11) is 4.58. The van der Waals surface area contributed by atoms with Crippen LogP contribution < -0.4 is 0 Å². The zero-order valence-electron chi connectivity index (χ0n) is 9.92. The van der Waals surface area contributed by atoms with Gasteiger partial charge in [-0.3, -0.25) is 0 Å². The van der Waals surface area contributed by atoms with Gasteiger partial charge in [0, 0.05) is 7.11 Å². The van der Waals surface area contributed by atoms with Crippen LogP contribution in [0.3, 0.4) is 0 Å². The van der Waals surface area contributed by atoms with Gasteiger partial charge in [0.25, 0.3) is 0 Å². The van der Waals surface area contributed by atoms with Crippen LogP contribution in [0.15, 0.2) is 0 Å². The summed E-state index contributed by atoms with van der Waals surface area (Å²) in [5.41, 5.74) is 0.417. The van der Waals surface area contributed by atoms with E-state index in [1.54, 1.807) is 7.11 Å². The van der Waals surface area contributed by atoms with E-state index in [1.165, 1.54) is 0 Å². The predicted molar refractivity (Wildman–Crippen MR) is 66.1 cm³/mol. The molecule has 1 rings (SSSR count). The van der Waals surface area contributed by atoms with Crippen molar-refractivity contribution in [1.29, 1.82) is 0 Å². The summed E-state index contributed by atoms with van der Waals surface area (Å²) in [6.45, 7) is 2.16. The van der Waals surface area contributed by atoms with Crippen LogP contribution in [0.5, 0.6) is 0 Å². The van der Waals surface area contributed by atoms with Crippen LogP contribution in [0.25, 0.3) is 0 Å². The normalized spacial score (nSPS) is 34.8. The Balaban J connectivity index is 2.56. The molecule has 15 heavy (non-hydrogen) atoms. The van der Waals surface area contributed by atoms with Crippen LogP contribution in [0.4, 0.5) is 4.39 Å². The fourth-order valence-electron chi connectivity index (χ4n) is 2.53. The Hall–Kier alpha value is 0.320. The Labute approximate surface area is 95.4 Å². The molecule has 5 atom stereocenters. The lowest BCUT2D eigenvalue weighted by molar-refractivity contribution is 0.0701. The molecule has 1 aliphatic carbocycles. The zero-order chi connectivity index (χ0) is 11.3. The van der Waals surface area contributed by atoms with Crippen LogP contribution in [0, 0.1) is 5.92 Å². The maximum atomic E-state index is 13.9. The van der Waals surface area contributed by atoms with Gasteiger partial charge in [-0.25, -0.2) is 4.39 Å². The molecule has 1 saturated carbocycles. The Morgan fingerprint density at radius 2 is 2.20 bits per heavy atom. The second-order valence-electron chi connectivity index (χ2n) is 4.66. The van der Waals surface area contributed by atoms with E-state index in [0.717, 1.165) is 38.5 Å². The van der Waals surface area contributed by atoms with Crippen molar-refractivity contribution in [2.45, 2.75) is 63.4 Å². The van der Waals surface area contributed by atoms with Gasteiger partial charge >= 0.3 is 0 Å². The number of hydrogen-bond donors (Lipinski definition) is 0. The predicted octanol–water partition coefficient (Wildman–Crippen LogP) is 3.57. The molecule has 0 radical (unpaired) electrons. The Kier molecular flexibility index (Phi) is 6.07. The highest BCUT2D eigenvalue weighted by molar-refractivity contribution is 7.17. The highest BCUT2D eigenvalue weighted by Gasteiger charge is 2.31. The second kappa shape index (κ2) is 6.81. The van der Waals surface area contributed by atoms with E-state index in [2.05, 4.69) is 16.2 Å². The van der Waals surface area contributed by atoms with Crippen LogP contribution in [-0.4, -0.2) is 25.0 Å². The maximum absolute atomic E-state index is 13.9. The molecule has 3 heteroatoms. The van der Waals surface area contributed by atoms with Crippen LogP contribution in [0.1, 0.15) is 45.4 Å². The summed E-state index contributed by atoms with van der Waals surface area (Å²) in [6, 6.07) is 0. The first kappa shape index (κ1) is 13.4. The van der Waals surface area contributed by atoms with Crippen molar-refractivity contribution in [3.8, 4) is 0 Å². The second-order valence-corrected chi connectivity index (χ2v) is 5.51. The molecule has 3 unspecified atom stereocenters. The minimum Gasteiger partial charge on any atom is -0.381 e. The van der Waals surface area contributed by atoms with Crippen LogP contribution in [-0.2, 0) is 4.74 Å². The summed E-state index contributed by atoms with van der Waals surface area (Å²) in [5, 5.41) is 0. The molecule has 90 valence electrons. The summed E-state index contributed by atoms with van der Waals surface area (Å²) >= 11 is 0. The highest BCUT2D eigenvalue weighted by Crippen LogP contribution is 2.34. The van der Waals surface area contributed by atoms with Crippen molar-refractivity contribution in [2.75, 3.05) is 7.11 Å². The van der Waals surface area contributed by atoms with Crippen molar-refractivity contribution in [1.82, 2.24) is 0 Å². The number of rotatable bonds is 4. The fraction of sp³-hybridized carbons (Fsp3) is 1.00. The molecule has 1 fully saturated rings. The Bertz CT molecular complexity index is 177. The minimum absolute atomic E-state index is 0.183. The van der Waals surface area contributed by atoms with Crippen molar-refractivity contribution in [3.05, 3.63) is 0 Å². The van der Waals surface area contributed by atoms with Crippen LogP contribution >= 0.6 is 9.24 Å². The van der Waals surface area contributed by atoms with Crippen molar-refractivity contribution < 1.29 is 9.13 Å². The van der Waals surface area contributed by atoms with Gasteiger partial charge in [0.15, 0.2) is 0 Å². The third kappa shape index (κ3) is 4.00. The third-order valence-corrected chi connectivity index (χ3v) is 4.34. The van der Waals surface area contributed by atoms with Crippen molar-refractivity contribution >= 4 is 9.24 Å². The van der Waals surface area contributed by atoms with Gasteiger partial charge in [0.2, 0.25) is 0 Å². The van der Waals surface area contributed by atoms with E-state index in [9.17, 15) is 4.39 Å². The average molecular weight is 234 g/mol. The topological polar surface area (TPSA) is 9.23 Å². The van der Waals surface area contributed by atoms with Gasteiger partial charge in [0.1, 0.15) is 6.17 Å². The van der Waals surface area contributed by atoms with Crippen molar-refractivity contribution in [2.24, 2.45) is 5.92 Å². The molecule has 0 spiro atoms. The number of hydrogen-bond acceptors (Lipinski definition) is 1. The third-order valence-electron chi connectivity index (χ3n) is 3.51. The molecule has 0 aromatic carbocycles. The van der Waals surface area contributed by atoms with Gasteiger partial charge in [-0.05, 0) is 43.7 Å². The SMILES string of the molecule is CCC[C@@H](P)C1C[C@H](OC)CCCC1F. The van der Waals surface area contributed by atoms with Gasteiger partial charge in [-0.1, -0.05) is 13.3 Å². The molecule has 0 aromatic heterocycles. The lowest BCUT2D eigenvalue weighted by Gasteiger charge is -2.27. The molecule has 0 amide bonds. The monoisotopic (exact) mass is 234 g/mol. The highest BCUT2D eigenvalue weighted by atomic mass is 31.0. The fourth-order valence-corrected chi connectivity index (χ4v) is 3.26. The summed E-state index contributed by atoms with van der Waals surface area (Å²) in [6.07, 6.45) is 5.50. The number of halogens is 1. The van der Waals surface area contributed by atoms with E-state index < -0.39 is 6.17 Å². The number of ether oxygens (including phenoxy) is 1. The van der Waals surface area contributed by atoms with E-state index >= 15 is 0 Å². The first-order valence-electron chi connectivity index (χ1n) is 6.11. The smallest absolute Gasteiger partial charge is 0.104 e. The lowest BCUT2D eigenvalue weighted by atomic mass is 9.91. The number of alkyl halides is 1. The maximum Gasteiger partial charge on any atom is 0.104 e. The van der Waals surface area contributed by atoms with Crippen molar-refractivity contribution in [3.63, 3.8) is 0 Å². The molecule has 0 heterocycles. The summed E-state index contributed by atoms with van der Waals surface area (Å²) in [4.78, 5) is 0. The first-order valence-corrected chi connectivity index (χ1v) is 6.78.